The van der Waals surface area contributed by atoms with E-state index in [2.05, 4.69) is 15.9 Å². The van der Waals surface area contributed by atoms with Crippen molar-refractivity contribution in [1.29, 1.82) is 0 Å². The first-order chi connectivity index (χ1) is 19.8. The van der Waals surface area contributed by atoms with Crippen LogP contribution in [0.3, 0.4) is 0 Å². The lowest BCUT2D eigenvalue weighted by Gasteiger charge is -2.33. The molecule has 2 atom stereocenters. The number of methoxy groups -OCH3 is 1. The molecule has 9 nitrogen and oxygen atoms in total. The van der Waals surface area contributed by atoms with Crippen molar-refractivity contribution in [2.45, 2.75) is 55.6 Å². The lowest BCUT2D eigenvalue weighted by Crippen LogP contribution is -2.39. The predicted molar refractivity (Wildman–Crippen MR) is 159 cm³/mol. The number of aliphatic hydroxyl groups excluding tert-OH is 1. The van der Waals surface area contributed by atoms with E-state index in [0.29, 0.717) is 25.3 Å². The van der Waals surface area contributed by atoms with Gasteiger partial charge in [-0.05, 0) is 60.9 Å². The normalized spacial score (nSPS) is 20.1. The molecule has 0 bridgehead atoms. The number of sulfonamides is 1. The molecule has 4 rings (SSSR count). The Kier molecular flexibility index (Phi) is 11.6. The van der Waals surface area contributed by atoms with Gasteiger partial charge in [-0.2, -0.15) is 4.31 Å². The molecule has 2 aromatic rings. The van der Waals surface area contributed by atoms with Crippen molar-refractivity contribution in [3.63, 3.8) is 0 Å². The summed E-state index contributed by atoms with van der Waals surface area (Å²) in [6.07, 6.45) is 6.99. The van der Waals surface area contributed by atoms with Crippen molar-refractivity contribution >= 4 is 31.9 Å². The highest BCUT2D eigenvalue weighted by molar-refractivity contribution is 9.10. The van der Waals surface area contributed by atoms with Crippen LogP contribution < -0.4 is 4.74 Å². The van der Waals surface area contributed by atoms with Crippen LogP contribution in [-0.2, 0) is 24.3 Å². The molecule has 2 aromatic carbocycles. The number of rotatable bonds is 11. The van der Waals surface area contributed by atoms with Crippen LogP contribution in [0.25, 0.3) is 0 Å². The summed E-state index contributed by atoms with van der Waals surface area (Å²) in [7, 11) is -2.36. The molecule has 0 spiro atoms. The number of allylic oxidation sites excluding steroid dienone is 1. The first-order valence-corrected chi connectivity index (χ1v) is 16.3. The van der Waals surface area contributed by atoms with Crippen LogP contribution in [0, 0.1) is 0 Å². The molecule has 0 radical (unpaired) electrons. The Morgan fingerprint density at radius 2 is 1.68 bits per heavy atom. The average molecular weight is 652 g/mol. The molecule has 224 valence electrons. The number of halogens is 1. The standard InChI is InChI=1S/C30H39BrN2O7S/c1-38-26-11-13-27(14-12-26)41(36,37)33(17-19-34)18-20-39-29-22-24(23-7-9-25(31)10-8-23)21-28(40-29)30(35)32-15-5-3-2-4-6-16-32/h7-14,21,24,29,34H,2-6,15-20,22H2,1H3/t24-,29+/m0/s1. The van der Waals surface area contributed by atoms with E-state index >= 15 is 0 Å². The maximum atomic E-state index is 13.5. The zero-order valence-electron chi connectivity index (χ0n) is 23.4. The summed E-state index contributed by atoms with van der Waals surface area (Å²) in [5.41, 5.74) is 1.03. The Hall–Kier alpha value is -2.44. The van der Waals surface area contributed by atoms with E-state index in [1.165, 1.54) is 30.0 Å². The third-order valence-corrected chi connectivity index (χ3v) is 9.84. The summed E-state index contributed by atoms with van der Waals surface area (Å²) in [6, 6.07) is 14.0. The molecule has 1 N–H and O–H groups in total. The smallest absolute Gasteiger partial charge is 0.288 e. The molecule has 1 fully saturated rings. The van der Waals surface area contributed by atoms with Gasteiger partial charge in [-0.1, -0.05) is 47.3 Å². The summed E-state index contributed by atoms with van der Waals surface area (Å²) in [6.45, 7) is 1.03. The van der Waals surface area contributed by atoms with Crippen LogP contribution in [-0.4, -0.2) is 81.4 Å². The highest BCUT2D eigenvalue weighted by Gasteiger charge is 2.32. The fraction of sp³-hybridized carbons (Fsp3) is 0.500. The van der Waals surface area contributed by atoms with Gasteiger partial charge < -0.3 is 24.2 Å². The van der Waals surface area contributed by atoms with Gasteiger partial charge in [0.25, 0.3) is 5.91 Å². The van der Waals surface area contributed by atoms with Crippen molar-refractivity contribution in [2.24, 2.45) is 0 Å². The van der Waals surface area contributed by atoms with E-state index < -0.39 is 16.3 Å². The van der Waals surface area contributed by atoms with Gasteiger partial charge in [0, 0.05) is 43.0 Å². The summed E-state index contributed by atoms with van der Waals surface area (Å²) in [4.78, 5) is 15.5. The first kappa shape index (κ1) is 31.5. The van der Waals surface area contributed by atoms with Crippen LogP contribution in [0.1, 0.15) is 50.0 Å². The minimum atomic E-state index is -3.87. The Labute approximate surface area is 251 Å². The second-order valence-electron chi connectivity index (χ2n) is 10.2. The maximum Gasteiger partial charge on any atom is 0.288 e. The monoisotopic (exact) mass is 650 g/mol. The number of likely N-dealkylation sites (tertiary alicyclic amines) is 1. The molecule has 2 heterocycles. The van der Waals surface area contributed by atoms with Crippen LogP contribution in [0.5, 0.6) is 5.75 Å². The molecule has 0 saturated carbocycles. The maximum absolute atomic E-state index is 13.5. The summed E-state index contributed by atoms with van der Waals surface area (Å²) in [5, 5.41) is 9.57. The summed E-state index contributed by atoms with van der Waals surface area (Å²) >= 11 is 3.48. The van der Waals surface area contributed by atoms with E-state index in [1.54, 1.807) is 12.1 Å². The average Bonchev–Trinajstić information content (AvgIpc) is 2.96. The number of carbonyl (C=O) groups is 1. The third-order valence-electron chi connectivity index (χ3n) is 7.40. The van der Waals surface area contributed by atoms with Gasteiger partial charge >= 0.3 is 0 Å². The number of hydrogen-bond acceptors (Lipinski definition) is 7. The summed E-state index contributed by atoms with van der Waals surface area (Å²) in [5.74, 6) is 0.580. The number of amides is 1. The molecule has 0 unspecified atom stereocenters. The Balaban J connectivity index is 1.47. The number of aliphatic hydroxyl groups is 1. The fourth-order valence-electron chi connectivity index (χ4n) is 5.11. The number of benzene rings is 2. The van der Waals surface area contributed by atoms with E-state index in [9.17, 15) is 18.3 Å². The minimum absolute atomic E-state index is 0.0108. The zero-order valence-corrected chi connectivity index (χ0v) is 25.8. The molecular formula is C30H39BrN2O7S. The molecule has 1 amide bonds. The van der Waals surface area contributed by atoms with Crippen LogP contribution in [0.2, 0.25) is 0 Å². The predicted octanol–water partition coefficient (Wildman–Crippen LogP) is 4.66. The first-order valence-electron chi connectivity index (χ1n) is 14.1. The SMILES string of the molecule is COc1ccc(S(=O)(=O)N(CCO)CCO[C@H]2C[C@@H](c3ccc(Br)cc3)C=C(C(=O)N3CCCCCCC3)O2)cc1. The highest BCUT2D eigenvalue weighted by Crippen LogP contribution is 2.33. The second kappa shape index (κ2) is 15.2. The summed E-state index contributed by atoms with van der Waals surface area (Å²) < 4.78 is 46.0. The fourth-order valence-corrected chi connectivity index (χ4v) is 6.79. The van der Waals surface area contributed by atoms with Crippen molar-refractivity contribution < 1.29 is 32.5 Å². The van der Waals surface area contributed by atoms with Gasteiger partial charge in [0.2, 0.25) is 16.3 Å². The largest absolute Gasteiger partial charge is 0.497 e. The van der Waals surface area contributed by atoms with Gasteiger partial charge in [-0.25, -0.2) is 8.42 Å². The van der Waals surface area contributed by atoms with E-state index in [-0.39, 0.29) is 48.8 Å². The minimum Gasteiger partial charge on any atom is -0.497 e. The topological polar surface area (TPSA) is 106 Å². The van der Waals surface area contributed by atoms with Gasteiger partial charge in [-0.15, -0.1) is 0 Å². The number of nitrogens with zero attached hydrogens (tertiary/aromatic N) is 2. The molecular weight excluding hydrogens is 612 g/mol. The van der Waals surface area contributed by atoms with E-state index in [1.807, 2.05) is 35.2 Å². The molecule has 41 heavy (non-hydrogen) atoms. The van der Waals surface area contributed by atoms with Gasteiger partial charge in [-0.3, -0.25) is 4.79 Å². The molecule has 1 saturated heterocycles. The Morgan fingerprint density at radius 1 is 1.02 bits per heavy atom. The molecule has 11 heteroatoms. The number of carbonyl (C=O) groups excluding carboxylic acids is 1. The van der Waals surface area contributed by atoms with Crippen molar-refractivity contribution in [3.05, 3.63) is 70.4 Å². The second-order valence-corrected chi connectivity index (χ2v) is 13.1. The van der Waals surface area contributed by atoms with Crippen LogP contribution in [0.15, 0.2) is 69.7 Å². The van der Waals surface area contributed by atoms with Crippen molar-refractivity contribution in [2.75, 3.05) is 46.5 Å². The van der Waals surface area contributed by atoms with E-state index in [0.717, 1.165) is 35.7 Å². The Morgan fingerprint density at radius 3 is 2.32 bits per heavy atom. The van der Waals surface area contributed by atoms with Crippen molar-refractivity contribution in [3.8, 4) is 5.75 Å². The molecule has 2 aliphatic heterocycles. The lowest BCUT2D eigenvalue weighted by molar-refractivity contribution is -0.153. The molecule has 0 aromatic heterocycles. The molecule has 2 aliphatic rings. The van der Waals surface area contributed by atoms with Crippen LogP contribution in [0.4, 0.5) is 0 Å². The third kappa shape index (κ3) is 8.54. The van der Waals surface area contributed by atoms with Gasteiger partial charge in [0.15, 0.2) is 5.76 Å². The number of hydrogen-bond donors (Lipinski definition) is 1. The van der Waals surface area contributed by atoms with Gasteiger partial charge in [0.05, 0.1) is 25.2 Å². The van der Waals surface area contributed by atoms with E-state index in [4.69, 9.17) is 14.2 Å². The quantitative estimate of drug-likeness (QED) is 0.377. The Bertz CT molecular complexity index is 1260. The number of ether oxygens (including phenoxy) is 3. The van der Waals surface area contributed by atoms with Crippen molar-refractivity contribution in [1.82, 2.24) is 9.21 Å². The highest BCUT2D eigenvalue weighted by atomic mass is 79.9. The molecule has 0 aliphatic carbocycles. The lowest BCUT2D eigenvalue weighted by atomic mass is 9.93. The van der Waals surface area contributed by atoms with Gasteiger partial charge in [0.1, 0.15) is 5.75 Å². The zero-order chi connectivity index (χ0) is 29.2. The van der Waals surface area contributed by atoms with Crippen LogP contribution >= 0.6 is 15.9 Å².